The Labute approximate surface area is 166 Å². The Morgan fingerprint density at radius 2 is 2.04 bits per heavy atom. The molecule has 2 N–H and O–H groups in total. The number of nitrogens with zero attached hydrogens (tertiary/aromatic N) is 3. The van der Waals surface area contributed by atoms with Gasteiger partial charge >= 0.3 is 0 Å². The minimum Gasteiger partial charge on any atom is -0.356 e. The van der Waals surface area contributed by atoms with E-state index >= 15 is 0 Å². The number of thiazole rings is 1. The van der Waals surface area contributed by atoms with Crippen LogP contribution in [0.15, 0.2) is 11.2 Å². The third-order valence-corrected chi connectivity index (χ3v) is 7.75. The first-order valence-corrected chi connectivity index (χ1v) is 11.9. The van der Waals surface area contributed by atoms with Crippen molar-refractivity contribution in [1.29, 1.82) is 0 Å². The van der Waals surface area contributed by atoms with Crippen LogP contribution in [0.25, 0.3) is 0 Å². The second kappa shape index (κ2) is 9.95. The number of thioether (sulfide) groups is 1. The lowest BCUT2D eigenvalue weighted by Gasteiger charge is -2.43. The van der Waals surface area contributed by atoms with E-state index in [0.29, 0.717) is 5.54 Å². The van der Waals surface area contributed by atoms with E-state index in [1.807, 2.05) is 24.6 Å². The van der Waals surface area contributed by atoms with E-state index in [9.17, 15) is 0 Å². The third-order valence-electron chi connectivity index (χ3n) is 5.61. The van der Waals surface area contributed by atoms with Crippen molar-refractivity contribution in [3.63, 3.8) is 0 Å². The number of aromatic nitrogens is 1. The molecule has 1 aromatic heterocycles. The second-order valence-electron chi connectivity index (χ2n) is 7.21. The summed E-state index contributed by atoms with van der Waals surface area (Å²) < 4.78 is 0. The normalized spacial score (nSPS) is 21.1. The summed E-state index contributed by atoms with van der Waals surface area (Å²) in [4.78, 5) is 13.0. The van der Waals surface area contributed by atoms with Crippen LogP contribution in [-0.4, -0.2) is 66.1 Å². The summed E-state index contributed by atoms with van der Waals surface area (Å²) in [6, 6.07) is 0. The molecule has 2 aliphatic rings. The van der Waals surface area contributed by atoms with Crippen LogP contribution in [0.1, 0.15) is 42.5 Å². The van der Waals surface area contributed by atoms with Gasteiger partial charge in [-0.1, -0.05) is 19.8 Å². The number of rotatable bonds is 7. The predicted octanol–water partition coefficient (Wildman–Crippen LogP) is 2.77. The fraction of sp³-hybridized carbons (Fsp3) is 0.789. The molecule has 1 aliphatic carbocycles. The minimum atomic E-state index is 0.337. The molecular weight excluding hydrogens is 362 g/mol. The van der Waals surface area contributed by atoms with Gasteiger partial charge in [0.15, 0.2) is 5.96 Å². The van der Waals surface area contributed by atoms with Crippen LogP contribution in [-0.2, 0) is 12.8 Å². The molecule has 0 radical (unpaired) electrons. The number of nitrogens with one attached hydrogen (secondary N) is 2. The van der Waals surface area contributed by atoms with Gasteiger partial charge in [-0.15, -0.1) is 11.3 Å². The highest BCUT2D eigenvalue weighted by Crippen LogP contribution is 2.36. The standard InChI is InChI=1S/C19H33N5S2/c1-3-16-14-22-17(26-16)6-9-21-18(20-2)23-15-19(7-4-5-8-19)24-10-12-25-13-11-24/h14H,3-13,15H2,1-2H3,(H2,20,21,23). The van der Waals surface area contributed by atoms with E-state index in [-0.39, 0.29) is 0 Å². The lowest BCUT2D eigenvalue weighted by Crippen LogP contribution is -2.57. The predicted molar refractivity (Wildman–Crippen MR) is 115 cm³/mol. The van der Waals surface area contributed by atoms with Gasteiger partial charge in [-0.25, -0.2) is 4.98 Å². The molecule has 2 heterocycles. The molecule has 0 atom stereocenters. The lowest BCUT2D eigenvalue weighted by molar-refractivity contribution is 0.107. The molecule has 1 saturated heterocycles. The Morgan fingerprint density at radius 3 is 2.69 bits per heavy atom. The largest absolute Gasteiger partial charge is 0.356 e. The summed E-state index contributed by atoms with van der Waals surface area (Å²) in [6.45, 7) is 6.55. The van der Waals surface area contributed by atoms with E-state index in [1.165, 1.54) is 60.2 Å². The van der Waals surface area contributed by atoms with Gasteiger partial charge in [-0.2, -0.15) is 11.8 Å². The van der Waals surface area contributed by atoms with Crippen molar-refractivity contribution in [3.05, 3.63) is 16.1 Å². The second-order valence-corrected chi connectivity index (χ2v) is 9.63. The zero-order valence-corrected chi connectivity index (χ0v) is 17.9. The van der Waals surface area contributed by atoms with E-state index in [2.05, 4.69) is 44.2 Å². The third kappa shape index (κ3) is 5.14. The molecule has 5 nitrogen and oxygen atoms in total. The van der Waals surface area contributed by atoms with Gasteiger partial charge in [-0.05, 0) is 19.3 Å². The highest BCUT2D eigenvalue weighted by Gasteiger charge is 2.39. The quantitative estimate of drug-likeness (QED) is 0.549. The molecule has 26 heavy (non-hydrogen) atoms. The van der Waals surface area contributed by atoms with Crippen LogP contribution in [0.5, 0.6) is 0 Å². The highest BCUT2D eigenvalue weighted by atomic mass is 32.2. The van der Waals surface area contributed by atoms with Gasteiger partial charge in [-0.3, -0.25) is 9.89 Å². The molecule has 2 fully saturated rings. The number of aliphatic imine (C=N–C) groups is 1. The topological polar surface area (TPSA) is 52.6 Å². The summed E-state index contributed by atoms with van der Waals surface area (Å²) >= 11 is 3.92. The first-order valence-electron chi connectivity index (χ1n) is 9.96. The van der Waals surface area contributed by atoms with Crippen molar-refractivity contribution >= 4 is 29.1 Å². The molecule has 0 amide bonds. The zero-order valence-electron chi connectivity index (χ0n) is 16.2. The SMILES string of the molecule is CCc1cnc(CCNC(=NC)NCC2(N3CCSCC3)CCCC2)s1. The average molecular weight is 396 g/mol. The molecule has 3 rings (SSSR count). The average Bonchev–Trinajstić information content (AvgIpc) is 3.35. The molecule has 1 aromatic rings. The van der Waals surface area contributed by atoms with Crippen LogP contribution in [0.3, 0.4) is 0 Å². The fourth-order valence-electron chi connectivity index (χ4n) is 4.06. The number of hydrogen-bond donors (Lipinski definition) is 2. The maximum atomic E-state index is 4.50. The van der Waals surface area contributed by atoms with Crippen molar-refractivity contribution in [2.24, 2.45) is 4.99 Å². The van der Waals surface area contributed by atoms with Crippen molar-refractivity contribution in [1.82, 2.24) is 20.5 Å². The molecule has 0 spiro atoms. The van der Waals surface area contributed by atoms with Gasteiger partial charge in [0.05, 0.1) is 5.01 Å². The fourth-order valence-corrected chi connectivity index (χ4v) is 5.82. The molecule has 7 heteroatoms. The molecular formula is C19H33N5S2. The molecule has 146 valence electrons. The lowest BCUT2D eigenvalue weighted by atomic mass is 9.94. The Hall–Kier alpha value is -0.790. The number of hydrogen-bond acceptors (Lipinski definition) is 5. The summed E-state index contributed by atoms with van der Waals surface area (Å²) in [6.07, 6.45) is 9.41. The van der Waals surface area contributed by atoms with E-state index < -0.39 is 0 Å². The first-order chi connectivity index (χ1) is 12.8. The van der Waals surface area contributed by atoms with Crippen molar-refractivity contribution < 1.29 is 0 Å². The van der Waals surface area contributed by atoms with Crippen LogP contribution in [0, 0.1) is 0 Å². The van der Waals surface area contributed by atoms with Crippen LogP contribution < -0.4 is 10.6 Å². The maximum absolute atomic E-state index is 4.50. The monoisotopic (exact) mass is 395 g/mol. The van der Waals surface area contributed by atoms with Gasteiger partial charge in [0.1, 0.15) is 0 Å². The molecule has 1 saturated carbocycles. The van der Waals surface area contributed by atoms with Crippen molar-refractivity contribution in [2.75, 3.05) is 44.7 Å². The maximum Gasteiger partial charge on any atom is 0.191 e. The van der Waals surface area contributed by atoms with Gasteiger partial charge in [0.2, 0.25) is 0 Å². The Morgan fingerprint density at radius 1 is 1.27 bits per heavy atom. The summed E-state index contributed by atoms with van der Waals surface area (Å²) in [5, 5.41) is 8.31. The summed E-state index contributed by atoms with van der Waals surface area (Å²) in [5.74, 6) is 3.49. The summed E-state index contributed by atoms with van der Waals surface area (Å²) in [5.41, 5.74) is 0.337. The van der Waals surface area contributed by atoms with Crippen molar-refractivity contribution in [3.8, 4) is 0 Å². The smallest absolute Gasteiger partial charge is 0.191 e. The van der Waals surface area contributed by atoms with E-state index in [1.54, 1.807) is 0 Å². The molecule has 0 unspecified atom stereocenters. The van der Waals surface area contributed by atoms with Gasteiger partial charge in [0, 0.05) is 67.8 Å². The van der Waals surface area contributed by atoms with Crippen LogP contribution >= 0.6 is 23.1 Å². The zero-order chi connectivity index (χ0) is 18.2. The molecule has 0 aromatic carbocycles. The van der Waals surface area contributed by atoms with Crippen molar-refractivity contribution in [2.45, 2.75) is 51.0 Å². The molecule has 0 bridgehead atoms. The van der Waals surface area contributed by atoms with Gasteiger partial charge in [0.25, 0.3) is 0 Å². The number of aryl methyl sites for hydroxylation is 1. The van der Waals surface area contributed by atoms with E-state index in [4.69, 9.17) is 0 Å². The Kier molecular flexibility index (Phi) is 7.64. The summed E-state index contributed by atoms with van der Waals surface area (Å²) in [7, 11) is 1.87. The Balaban J connectivity index is 1.47. The number of guanidine groups is 1. The Bertz CT molecular complexity index is 574. The van der Waals surface area contributed by atoms with Crippen LogP contribution in [0.4, 0.5) is 0 Å². The molecule has 1 aliphatic heterocycles. The van der Waals surface area contributed by atoms with Gasteiger partial charge < -0.3 is 10.6 Å². The van der Waals surface area contributed by atoms with Crippen LogP contribution in [0.2, 0.25) is 0 Å². The first kappa shape index (κ1) is 20.0. The minimum absolute atomic E-state index is 0.337. The highest BCUT2D eigenvalue weighted by molar-refractivity contribution is 7.99. The van der Waals surface area contributed by atoms with E-state index in [0.717, 1.165) is 31.9 Å².